The van der Waals surface area contributed by atoms with Gasteiger partial charge < -0.3 is 14.7 Å². The molecule has 0 aromatic heterocycles. The Morgan fingerprint density at radius 2 is 2.22 bits per heavy atom. The smallest absolute Gasteiger partial charge is 0.367 e. The topological polar surface area (TPSA) is 68.1 Å². The highest BCUT2D eigenvalue weighted by molar-refractivity contribution is 9.10. The van der Waals surface area contributed by atoms with E-state index >= 15 is 0 Å². The lowest BCUT2D eigenvalue weighted by Crippen LogP contribution is -2.01. The van der Waals surface area contributed by atoms with Crippen LogP contribution in [-0.4, -0.2) is 23.9 Å². The first-order chi connectivity index (χ1) is 8.52. The maximum Gasteiger partial charge on any atom is 0.367 e. The van der Waals surface area contributed by atoms with Gasteiger partial charge in [-0.05, 0) is 46.6 Å². The summed E-state index contributed by atoms with van der Waals surface area (Å²) in [5.41, 5.74) is 1.60. The van der Waals surface area contributed by atoms with Crippen molar-refractivity contribution >= 4 is 33.7 Å². The number of ether oxygens (including phenoxy) is 1. The number of halogens is 1. The Labute approximate surface area is 112 Å². The molecule has 0 amide bonds. The van der Waals surface area contributed by atoms with E-state index in [1.54, 1.807) is 25.1 Å². The van der Waals surface area contributed by atoms with Crippen molar-refractivity contribution in [3.63, 3.8) is 0 Å². The van der Waals surface area contributed by atoms with Crippen LogP contribution in [0.5, 0.6) is 11.5 Å². The maximum absolute atomic E-state index is 11.4. The second-order valence-electron chi connectivity index (χ2n) is 3.67. The van der Waals surface area contributed by atoms with Crippen molar-refractivity contribution in [2.45, 2.75) is 6.92 Å². The molecule has 0 aliphatic carbocycles. The summed E-state index contributed by atoms with van der Waals surface area (Å²) in [6.07, 6.45) is 1.63. The molecule has 18 heavy (non-hydrogen) atoms. The Morgan fingerprint density at radius 3 is 2.78 bits per heavy atom. The van der Waals surface area contributed by atoms with Crippen LogP contribution < -0.4 is 4.74 Å². The molecule has 0 fully saturated rings. The van der Waals surface area contributed by atoms with Crippen molar-refractivity contribution in [2.24, 2.45) is 5.16 Å². The average Bonchev–Trinajstić information content (AvgIpc) is 2.65. The minimum atomic E-state index is -0.490. The summed E-state index contributed by atoms with van der Waals surface area (Å²) < 4.78 is 5.51. The van der Waals surface area contributed by atoms with Gasteiger partial charge in [0.15, 0.2) is 11.5 Å². The number of phenolic OH excluding ortho intramolecular Hbond substituents is 1. The highest BCUT2D eigenvalue weighted by Gasteiger charge is 2.22. The van der Waals surface area contributed by atoms with Gasteiger partial charge in [-0.3, -0.25) is 0 Å². The van der Waals surface area contributed by atoms with Crippen LogP contribution in [0.25, 0.3) is 6.08 Å². The third-order valence-electron chi connectivity index (χ3n) is 2.46. The van der Waals surface area contributed by atoms with E-state index in [4.69, 9.17) is 4.74 Å². The van der Waals surface area contributed by atoms with Gasteiger partial charge in [0.2, 0.25) is 0 Å². The predicted octanol–water partition coefficient (Wildman–Crippen LogP) is 2.48. The Bertz CT molecular complexity index is 578. The van der Waals surface area contributed by atoms with Crippen LogP contribution in [0.2, 0.25) is 0 Å². The van der Waals surface area contributed by atoms with Gasteiger partial charge in [-0.2, -0.15) is 0 Å². The Morgan fingerprint density at radius 1 is 1.50 bits per heavy atom. The molecule has 0 saturated heterocycles. The minimum Gasteiger partial charge on any atom is -0.503 e. The number of carbonyl (C=O) groups is 1. The molecule has 6 heteroatoms. The summed E-state index contributed by atoms with van der Waals surface area (Å²) in [6, 6.07) is 3.29. The van der Waals surface area contributed by atoms with Crippen LogP contribution in [0.3, 0.4) is 0 Å². The molecule has 0 saturated carbocycles. The van der Waals surface area contributed by atoms with Crippen LogP contribution in [-0.2, 0) is 9.63 Å². The van der Waals surface area contributed by atoms with Crippen molar-refractivity contribution in [2.75, 3.05) is 7.11 Å². The van der Waals surface area contributed by atoms with Crippen molar-refractivity contribution in [1.82, 2.24) is 0 Å². The third kappa shape index (κ3) is 2.24. The maximum atomic E-state index is 11.4. The monoisotopic (exact) mass is 311 g/mol. The number of benzene rings is 1. The number of phenols is 1. The number of carbonyl (C=O) groups excluding carboxylic acids is 1. The molecule has 1 heterocycles. The molecule has 1 N–H and O–H groups in total. The predicted molar refractivity (Wildman–Crippen MR) is 69.5 cm³/mol. The molecule has 0 atom stereocenters. The lowest BCUT2D eigenvalue weighted by Gasteiger charge is -2.06. The first-order valence-electron chi connectivity index (χ1n) is 5.07. The highest BCUT2D eigenvalue weighted by Crippen LogP contribution is 2.36. The van der Waals surface area contributed by atoms with Gasteiger partial charge in [0.1, 0.15) is 0 Å². The van der Waals surface area contributed by atoms with E-state index in [-0.39, 0.29) is 5.75 Å². The van der Waals surface area contributed by atoms with Crippen LogP contribution in [0.15, 0.2) is 27.3 Å². The summed E-state index contributed by atoms with van der Waals surface area (Å²) in [4.78, 5) is 15.9. The average molecular weight is 312 g/mol. The van der Waals surface area contributed by atoms with Crippen molar-refractivity contribution < 1.29 is 19.5 Å². The summed E-state index contributed by atoms with van der Waals surface area (Å²) in [5, 5.41) is 13.3. The van der Waals surface area contributed by atoms with Crippen molar-refractivity contribution in [1.29, 1.82) is 0 Å². The van der Waals surface area contributed by atoms with Gasteiger partial charge in [-0.25, -0.2) is 4.79 Å². The Kier molecular flexibility index (Phi) is 3.38. The molecule has 1 aromatic carbocycles. The normalized spacial score (nSPS) is 16.7. The zero-order valence-electron chi connectivity index (χ0n) is 9.73. The van der Waals surface area contributed by atoms with E-state index in [2.05, 4.69) is 25.9 Å². The second-order valence-corrected chi connectivity index (χ2v) is 4.52. The van der Waals surface area contributed by atoms with Crippen molar-refractivity contribution in [3.05, 3.63) is 27.7 Å². The van der Waals surface area contributed by atoms with E-state index in [0.717, 1.165) is 0 Å². The molecule has 2 rings (SSSR count). The fourth-order valence-corrected chi connectivity index (χ4v) is 1.98. The molecule has 0 unspecified atom stereocenters. The number of nitrogens with zero attached hydrogens (tertiary/aromatic N) is 1. The molecule has 1 aliphatic heterocycles. The van der Waals surface area contributed by atoms with Crippen LogP contribution in [0.4, 0.5) is 0 Å². The molecular weight excluding hydrogens is 302 g/mol. The standard InChI is InChI=1S/C12H10BrNO4/c1-6-8(12(16)18-14-6)3-7-4-9(13)11(15)10(5-7)17-2/h3-5,15H,1-2H3/b8-3+. The quantitative estimate of drug-likeness (QED) is 0.673. The largest absolute Gasteiger partial charge is 0.503 e. The number of oxime groups is 1. The van der Waals surface area contributed by atoms with E-state index in [9.17, 15) is 9.90 Å². The van der Waals surface area contributed by atoms with Gasteiger partial charge >= 0.3 is 5.97 Å². The minimum absolute atomic E-state index is 0.0130. The summed E-state index contributed by atoms with van der Waals surface area (Å²) in [6.45, 7) is 1.68. The van der Waals surface area contributed by atoms with Gasteiger partial charge in [0, 0.05) is 0 Å². The number of aromatic hydroxyl groups is 1. The lowest BCUT2D eigenvalue weighted by atomic mass is 10.1. The number of hydrogen-bond donors (Lipinski definition) is 1. The highest BCUT2D eigenvalue weighted by atomic mass is 79.9. The summed E-state index contributed by atoms with van der Waals surface area (Å²) in [7, 11) is 1.45. The van der Waals surface area contributed by atoms with Gasteiger partial charge in [-0.1, -0.05) is 5.16 Å². The van der Waals surface area contributed by atoms with E-state index in [0.29, 0.717) is 27.1 Å². The SMILES string of the molecule is COc1cc(/C=C2/C(=O)ON=C2C)cc(Br)c1O. The number of hydrogen-bond acceptors (Lipinski definition) is 5. The van der Waals surface area contributed by atoms with Gasteiger partial charge in [0.25, 0.3) is 0 Å². The van der Waals surface area contributed by atoms with Crippen LogP contribution >= 0.6 is 15.9 Å². The fourth-order valence-electron chi connectivity index (χ4n) is 1.52. The Balaban J connectivity index is 2.47. The Hall–Kier alpha value is -1.82. The molecule has 0 bridgehead atoms. The van der Waals surface area contributed by atoms with E-state index in [1.165, 1.54) is 7.11 Å². The summed E-state index contributed by atoms with van der Waals surface area (Å²) >= 11 is 3.21. The number of methoxy groups -OCH3 is 1. The molecule has 1 aromatic rings. The molecular formula is C12H10BrNO4. The molecule has 94 valence electrons. The first kappa shape index (κ1) is 12.6. The van der Waals surface area contributed by atoms with Crippen molar-refractivity contribution in [3.8, 4) is 11.5 Å². The fraction of sp³-hybridized carbons (Fsp3) is 0.167. The van der Waals surface area contributed by atoms with E-state index in [1.807, 2.05) is 0 Å². The third-order valence-corrected chi connectivity index (χ3v) is 3.06. The zero-order valence-corrected chi connectivity index (χ0v) is 11.3. The van der Waals surface area contributed by atoms with Crippen LogP contribution in [0.1, 0.15) is 12.5 Å². The summed E-state index contributed by atoms with van der Waals surface area (Å²) in [5.74, 6) is -0.160. The molecule has 0 spiro atoms. The molecule has 0 radical (unpaired) electrons. The van der Waals surface area contributed by atoms with Gasteiger partial charge in [-0.15, -0.1) is 0 Å². The van der Waals surface area contributed by atoms with Crippen LogP contribution in [0, 0.1) is 0 Å². The number of rotatable bonds is 2. The zero-order chi connectivity index (χ0) is 13.3. The van der Waals surface area contributed by atoms with Gasteiger partial charge in [0.05, 0.1) is 22.9 Å². The first-order valence-corrected chi connectivity index (χ1v) is 5.86. The van der Waals surface area contributed by atoms with E-state index < -0.39 is 5.97 Å². The molecule has 1 aliphatic rings. The molecule has 5 nitrogen and oxygen atoms in total. The lowest BCUT2D eigenvalue weighted by molar-refractivity contribution is -0.136. The second kappa shape index (κ2) is 4.81.